The third-order valence-corrected chi connectivity index (χ3v) is 7.30. The second-order valence-corrected chi connectivity index (χ2v) is 10.1. The summed E-state index contributed by atoms with van der Waals surface area (Å²) in [6.07, 6.45) is 4.69. The van der Waals surface area contributed by atoms with Crippen molar-refractivity contribution in [2.24, 2.45) is 0 Å². The van der Waals surface area contributed by atoms with Crippen LogP contribution in [0.25, 0.3) is 5.69 Å². The van der Waals surface area contributed by atoms with E-state index in [9.17, 15) is 5.11 Å². The molecule has 3 aromatic rings. The molecule has 1 N–H and O–H groups in total. The lowest BCUT2D eigenvalue weighted by atomic mass is 9.93. The zero-order valence-electron chi connectivity index (χ0n) is 18.1. The van der Waals surface area contributed by atoms with E-state index >= 15 is 0 Å². The van der Waals surface area contributed by atoms with Gasteiger partial charge >= 0.3 is 0 Å². The second-order valence-electron chi connectivity index (χ2n) is 8.08. The van der Waals surface area contributed by atoms with Gasteiger partial charge in [0.2, 0.25) is 0 Å². The molecule has 2 unspecified atom stereocenters. The van der Waals surface area contributed by atoms with Crippen molar-refractivity contribution in [2.75, 3.05) is 27.0 Å². The Kier molecular flexibility index (Phi) is 7.42. The van der Waals surface area contributed by atoms with Gasteiger partial charge < -0.3 is 5.11 Å². The van der Waals surface area contributed by atoms with Crippen LogP contribution < -0.4 is 0 Å². The van der Waals surface area contributed by atoms with Crippen molar-refractivity contribution in [3.8, 4) is 5.69 Å². The Morgan fingerprint density at radius 2 is 1.81 bits per heavy atom. The van der Waals surface area contributed by atoms with E-state index in [4.69, 9.17) is 39.9 Å². The first-order chi connectivity index (χ1) is 15.3. The van der Waals surface area contributed by atoms with E-state index in [-0.39, 0.29) is 18.8 Å². The van der Waals surface area contributed by atoms with Crippen LogP contribution in [-0.2, 0) is 13.0 Å². The minimum absolute atomic E-state index is 0.00179. The number of benzene rings is 2. The Bertz CT molecular complexity index is 1100. The molecule has 170 valence electrons. The Morgan fingerprint density at radius 3 is 2.41 bits per heavy atom. The molecule has 5 nitrogen and oxygen atoms in total. The number of fused-ring (bicyclic) bond motifs is 1. The van der Waals surface area contributed by atoms with Crippen LogP contribution in [0.3, 0.4) is 0 Å². The average molecular weight is 512 g/mol. The molecule has 2 heterocycles. The maximum absolute atomic E-state index is 10.2. The largest absolute Gasteiger partial charge is 0.395 e. The molecule has 1 aliphatic rings. The fourth-order valence-corrected chi connectivity index (χ4v) is 5.95. The van der Waals surface area contributed by atoms with Crippen LogP contribution in [-0.4, -0.2) is 57.7 Å². The minimum atomic E-state index is -0.0958. The number of nitrogens with zero attached hydrogens (tertiary/aromatic N) is 4. The Morgan fingerprint density at radius 1 is 1.16 bits per heavy atom. The van der Waals surface area contributed by atoms with Gasteiger partial charge in [0.1, 0.15) is 10.7 Å². The molecular formula is C23H25Cl3N4OS. The van der Waals surface area contributed by atoms with E-state index in [0.29, 0.717) is 20.8 Å². The van der Waals surface area contributed by atoms with E-state index in [0.717, 1.165) is 23.6 Å². The molecular weight excluding hydrogens is 487 g/mol. The molecule has 0 radical (unpaired) electrons. The lowest BCUT2D eigenvalue weighted by Crippen LogP contribution is -2.48. The zero-order valence-corrected chi connectivity index (χ0v) is 21.2. The molecule has 0 fully saturated rings. The van der Waals surface area contributed by atoms with Crippen molar-refractivity contribution in [3.05, 3.63) is 74.4 Å². The van der Waals surface area contributed by atoms with Gasteiger partial charge in [0.25, 0.3) is 0 Å². The standard InChI is InChI=1S/C23H25Cl3N4OS/c1-28(2)23(29-11-15-7-5-4-6-14(15)8-17(29)13-31)18-12-30(27-22(18)32-3)21-19(25)9-16(24)10-20(21)26/h4-7,9-10,12,17,23,31H,8,11,13H2,1-3H3. The van der Waals surface area contributed by atoms with E-state index in [1.54, 1.807) is 28.6 Å². The summed E-state index contributed by atoms with van der Waals surface area (Å²) in [7, 11) is 4.09. The molecule has 9 heteroatoms. The molecule has 0 bridgehead atoms. The number of hydrogen-bond acceptors (Lipinski definition) is 5. The molecule has 32 heavy (non-hydrogen) atoms. The first kappa shape index (κ1) is 23.9. The van der Waals surface area contributed by atoms with Crippen molar-refractivity contribution in [1.29, 1.82) is 0 Å². The Balaban J connectivity index is 1.80. The van der Waals surface area contributed by atoms with Crippen molar-refractivity contribution in [3.63, 3.8) is 0 Å². The average Bonchev–Trinajstić information content (AvgIpc) is 3.15. The predicted molar refractivity (Wildman–Crippen MR) is 133 cm³/mol. The van der Waals surface area contributed by atoms with Gasteiger partial charge in [-0.05, 0) is 50.0 Å². The summed E-state index contributed by atoms with van der Waals surface area (Å²) < 4.78 is 1.73. The summed E-state index contributed by atoms with van der Waals surface area (Å²) in [4.78, 5) is 4.50. The molecule has 0 amide bonds. The first-order valence-electron chi connectivity index (χ1n) is 10.2. The van der Waals surface area contributed by atoms with Crippen molar-refractivity contribution < 1.29 is 5.11 Å². The maximum atomic E-state index is 10.2. The quantitative estimate of drug-likeness (QED) is 0.441. The molecule has 2 atom stereocenters. The number of halogens is 3. The van der Waals surface area contributed by atoms with Crippen LogP contribution in [0.5, 0.6) is 0 Å². The highest BCUT2D eigenvalue weighted by atomic mass is 35.5. The SMILES string of the molecule is CSc1nn(-c2c(Cl)cc(Cl)cc2Cl)cc1C(N(C)C)N1Cc2ccccc2CC1CO. The van der Waals surface area contributed by atoms with Gasteiger partial charge in [0.15, 0.2) is 0 Å². The summed E-state index contributed by atoms with van der Waals surface area (Å²) in [5.41, 5.74) is 4.20. The molecule has 0 spiro atoms. The van der Waals surface area contributed by atoms with E-state index in [1.165, 1.54) is 11.1 Å². The molecule has 4 rings (SSSR count). The molecule has 0 saturated heterocycles. The van der Waals surface area contributed by atoms with E-state index < -0.39 is 0 Å². The lowest BCUT2D eigenvalue weighted by molar-refractivity contribution is 0.000230. The highest BCUT2D eigenvalue weighted by Gasteiger charge is 2.35. The number of aliphatic hydroxyl groups is 1. The van der Waals surface area contributed by atoms with Crippen LogP contribution in [0.15, 0.2) is 47.6 Å². The monoisotopic (exact) mass is 510 g/mol. The highest BCUT2D eigenvalue weighted by Crippen LogP contribution is 2.38. The molecule has 2 aromatic carbocycles. The van der Waals surface area contributed by atoms with Gasteiger partial charge in [-0.1, -0.05) is 59.1 Å². The number of thioether (sulfide) groups is 1. The van der Waals surface area contributed by atoms with Gasteiger partial charge in [0, 0.05) is 29.4 Å². The van der Waals surface area contributed by atoms with E-state index in [1.807, 2.05) is 26.5 Å². The lowest BCUT2D eigenvalue weighted by Gasteiger charge is -2.43. The summed E-state index contributed by atoms with van der Waals surface area (Å²) in [6.45, 7) is 0.821. The fourth-order valence-electron chi connectivity index (χ4n) is 4.39. The van der Waals surface area contributed by atoms with Gasteiger partial charge in [-0.3, -0.25) is 9.80 Å². The summed E-state index contributed by atoms with van der Waals surface area (Å²) >= 11 is 20.6. The topological polar surface area (TPSA) is 44.5 Å². The van der Waals surface area contributed by atoms with Crippen molar-refractivity contribution >= 4 is 46.6 Å². The van der Waals surface area contributed by atoms with Crippen LogP contribution in [0.4, 0.5) is 0 Å². The number of aliphatic hydroxyl groups excluding tert-OH is 1. The molecule has 0 saturated carbocycles. The third kappa shape index (κ3) is 4.55. The van der Waals surface area contributed by atoms with Crippen LogP contribution >= 0.6 is 46.6 Å². The van der Waals surface area contributed by atoms with Gasteiger partial charge in [-0.25, -0.2) is 4.68 Å². The first-order valence-corrected chi connectivity index (χ1v) is 12.6. The normalized spacial score (nSPS) is 17.6. The molecule has 1 aliphatic heterocycles. The maximum Gasteiger partial charge on any atom is 0.124 e. The van der Waals surface area contributed by atoms with Gasteiger partial charge in [-0.15, -0.1) is 11.8 Å². The molecule has 0 aliphatic carbocycles. The Labute approximate surface area is 207 Å². The van der Waals surface area contributed by atoms with E-state index in [2.05, 4.69) is 34.1 Å². The fraction of sp³-hybridized carbons (Fsp3) is 0.348. The minimum Gasteiger partial charge on any atom is -0.395 e. The van der Waals surface area contributed by atoms with Gasteiger partial charge in [0.05, 0.1) is 22.8 Å². The summed E-state index contributed by atoms with van der Waals surface area (Å²) in [5.74, 6) is 0. The second kappa shape index (κ2) is 9.94. The van der Waals surface area contributed by atoms with Gasteiger partial charge in [-0.2, -0.15) is 5.10 Å². The third-order valence-electron chi connectivity index (χ3n) is 5.80. The van der Waals surface area contributed by atoms with Crippen LogP contribution in [0.2, 0.25) is 15.1 Å². The van der Waals surface area contributed by atoms with Crippen LogP contribution in [0.1, 0.15) is 22.9 Å². The van der Waals surface area contributed by atoms with Crippen molar-refractivity contribution in [2.45, 2.75) is 30.2 Å². The predicted octanol–water partition coefficient (Wildman–Crippen LogP) is 5.53. The molecule has 1 aromatic heterocycles. The summed E-state index contributed by atoms with van der Waals surface area (Å²) in [6, 6.07) is 11.8. The smallest absolute Gasteiger partial charge is 0.124 e. The zero-order chi connectivity index (χ0) is 23.0. The summed E-state index contributed by atoms with van der Waals surface area (Å²) in [5, 5.41) is 17.3. The van der Waals surface area contributed by atoms with Crippen LogP contribution in [0, 0.1) is 0 Å². The number of hydrogen-bond donors (Lipinski definition) is 1. The Hall–Kier alpha value is -1.25. The highest BCUT2D eigenvalue weighted by molar-refractivity contribution is 7.98. The number of aromatic nitrogens is 2. The number of rotatable bonds is 6. The van der Waals surface area contributed by atoms with Crippen molar-refractivity contribution in [1.82, 2.24) is 19.6 Å².